The Morgan fingerprint density at radius 3 is 2.45 bits per heavy atom. The lowest BCUT2D eigenvalue weighted by Gasteiger charge is -2.32. The number of nitrogens with one attached hydrogen (secondary N) is 1. The van der Waals surface area contributed by atoms with Gasteiger partial charge in [0.1, 0.15) is 0 Å². The number of benzene rings is 2. The average molecular weight is 438 g/mol. The maximum atomic E-state index is 13.4. The minimum Gasteiger partial charge on any atom is -0.322 e. The van der Waals surface area contributed by atoms with Crippen molar-refractivity contribution in [3.05, 3.63) is 58.4 Å². The summed E-state index contributed by atoms with van der Waals surface area (Å²) < 4.78 is 39.9. The van der Waals surface area contributed by atoms with E-state index < -0.39 is 23.4 Å². The van der Waals surface area contributed by atoms with E-state index in [1.807, 2.05) is 0 Å². The summed E-state index contributed by atoms with van der Waals surface area (Å²) in [6.45, 7) is 0. The van der Waals surface area contributed by atoms with Gasteiger partial charge in [0.05, 0.1) is 5.02 Å². The van der Waals surface area contributed by atoms with E-state index in [-0.39, 0.29) is 5.69 Å². The van der Waals surface area contributed by atoms with Gasteiger partial charge >= 0.3 is 0 Å². The summed E-state index contributed by atoms with van der Waals surface area (Å²) in [7, 11) is 0. The third-order valence-corrected chi connectivity index (χ3v) is 8.71. The molecule has 0 heterocycles. The highest BCUT2D eigenvalue weighted by Gasteiger charge is 2.53. The number of rotatable bonds is 4. The highest BCUT2D eigenvalue weighted by molar-refractivity contribution is 8.00. The molecule has 152 valence electrons. The number of carbonyl (C=O) groups excluding carboxylic acids is 1. The van der Waals surface area contributed by atoms with Crippen molar-refractivity contribution in [2.24, 2.45) is 23.7 Å². The molecule has 0 radical (unpaired) electrons. The number of carbonyl (C=O) groups is 1. The van der Waals surface area contributed by atoms with Crippen LogP contribution in [0.2, 0.25) is 5.02 Å². The molecular weight excluding hydrogens is 419 g/mol. The predicted octanol–water partition coefficient (Wildman–Crippen LogP) is 6.54. The third kappa shape index (κ3) is 3.44. The molecule has 4 aliphatic carbocycles. The van der Waals surface area contributed by atoms with Gasteiger partial charge in [-0.25, -0.2) is 13.2 Å². The SMILES string of the molecule is O=C(Nc1cc(F)c(F)c(F)c1)c1ccc(Cl)c(S[C@@H]2C3CC4CC2[C@@H](C4)C3)c1. The summed E-state index contributed by atoms with van der Waals surface area (Å²) in [4.78, 5) is 13.4. The molecule has 0 saturated heterocycles. The molecule has 1 N–H and O–H groups in total. The molecule has 6 rings (SSSR count). The first kappa shape index (κ1) is 19.3. The number of hydrogen-bond acceptors (Lipinski definition) is 2. The van der Waals surface area contributed by atoms with Gasteiger partial charge in [0.15, 0.2) is 17.5 Å². The van der Waals surface area contributed by atoms with Crippen LogP contribution in [-0.2, 0) is 0 Å². The van der Waals surface area contributed by atoms with Gasteiger partial charge in [0.25, 0.3) is 5.91 Å². The molecule has 5 atom stereocenters. The normalized spacial score (nSPS) is 29.4. The first-order chi connectivity index (χ1) is 13.9. The van der Waals surface area contributed by atoms with Crippen molar-refractivity contribution in [2.75, 3.05) is 5.32 Å². The van der Waals surface area contributed by atoms with Crippen molar-refractivity contribution < 1.29 is 18.0 Å². The van der Waals surface area contributed by atoms with Crippen LogP contribution < -0.4 is 5.32 Å². The number of hydrogen-bond donors (Lipinski definition) is 1. The minimum atomic E-state index is -1.56. The Labute approximate surface area is 176 Å². The second kappa shape index (κ2) is 7.24. The summed E-state index contributed by atoms with van der Waals surface area (Å²) >= 11 is 8.17. The minimum absolute atomic E-state index is 0.138. The van der Waals surface area contributed by atoms with E-state index in [0.717, 1.165) is 40.7 Å². The van der Waals surface area contributed by atoms with Crippen LogP contribution in [0.25, 0.3) is 0 Å². The van der Waals surface area contributed by atoms with E-state index >= 15 is 0 Å². The lowest BCUT2D eigenvalue weighted by atomic mass is 9.82. The van der Waals surface area contributed by atoms with Crippen LogP contribution in [0.1, 0.15) is 36.0 Å². The number of thioether (sulfide) groups is 1. The van der Waals surface area contributed by atoms with Crippen LogP contribution in [0.15, 0.2) is 35.2 Å². The van der Waals surface area contributed by atoms with Crippen molar-refractivity contribution in [3.63, 3.8) is 0 Å². The maximum Gasteiger partial charge on any atom is 0.255 e. The van der Waals surface area contributed by atoms with Gasteiger partial charge in [0.2, 0.25) is 0 Å². The monoisotopic (exact) mass is 437 g/mol. The molecule has 0 aromatic heterocycles. The molecule has 4 saturated carbocycles. The molecule has 1 amide bonds. The fraction of sp³-hybridized carbons (Fsp3) is 0.409. The first-order valence-electron chi connectivity index (χ1n) is 9.81. The summed E-state index contributed by atoms with van der Waals surface area (Å²) in [5.74, 6) is -1.59. The molecule has 0 aliphatic heterocycles. The maximum absolute atomic E-state index is 13.4. The number of halogens is 4. The predicted molar refractivity (Wildman–Crippen MR) is 108 cm³/mol. The summed E-state index contributed by atoms with van der Waals surface area (Å²) in [6.07, 6.45) is 5.26. The highest BCUT2D eigenvalue weighted by atomic mass is 35.5. The molecule has 4 fully saturated rings. The second-order valence-corrected chi connectivity index (χ2v) is 10.1. The van der Waals surface area contributed by atoms with Gasteiger partial charge in [-0.05, 0) is 67.6 Å². The van der Waals surface area contributed by atoms with E-state index in [0.29, 0.717) is 15.8 Å². The van der Waals surface area contributed by atoms with Crippen molar-refractivity contribution >= 4 is 35.0 Å². The average Bonchev–Trinajstić information content (AvgIpc) is 3.09. The Bertz CT molecular complexity index is 973. The van der Waals surface area contributed by atoms with Gasteiger partial charge in [-0.15, -0.1) is 11.8 Å². The number of amides is 1. The van der Waals surface area contributed by atoms with Crippen LogP contribution in [0.5, 0.6) is 0 Å². The van der Waals surface area contributed by atoms with Crippen molar-refractivity contribution in [3.8, 4) is 0 Å². The molecule has 3 unspecified atom stereocenters. The molecule has 7 heteroatoms. The molecule has 2 nitrogen and oxygen atoms in total. The third-order valence-electron chi connectivity index (χ3n) is 6.67. The van der Waals surface area contributed by atoms with Crippen LogP contribution in [0.3, 0.4) is 0 Å². The van der Waals surface area contributed by atoms with Gasteiger partial charge in [-0.1, -0.05) is 11.6 Å². The first-order valence-corrected chi connectivity index (χ1v) is 11.1. The van der Waals surface area contributed by atoms with Gasteiger partial charge in [-0.3, -0.25) is 4.79 Å². The van der Waals surface area contributed by atoms with Gasteiger partial charge in [-0.2, -0.15) is 0 Å². The zero-order valence-electron chi connectivity index (χ0n) is 15.4. The molecule has 29 heavy (non-hydrogen) atoms. The van der Waals surface area contributed by atoms with E-state index in [9.17, 15) is 18.0 Å². The lowest BCUT2D eigenvalue weighted by Crippen LogP contribution is -2.25. The standard InChI is InChI=1S/C22H19ClF3NOS/c23-16-2-1-11(22(28)27-14-8-17(24)20(26)18(25)9-14)7-19(16)29-21-13-4-10-3-12(6-13)15(21)5-10/h1-2,7-10,12-13,15,21H,3-6H2,(H,27,28)/t10?,12-,13?,15?,21+/m0/s1. The van der Waals surface area contributed by atoms with Crippen molar-refractivity contribution in [1.82, 2.24) is 0 Å². The summed E-state index contributed by atoms with van der Waals surface area (Å²) in [5.41, 5.74) is 0.204. The topological polar surface area (TPSA) is 29.1 Å². The van der Waals surface area contributed by atoms with Crippen LogP contribution in [0.4, 0.5) is 18.9 Å². The van der Waals surface area contributed by atoms with E-state index in [4.69, 9.17) is 11.6 Å². The van der Waals surface area contributed by atoms with Crippen molar-refractivity contribution in [1.29, 1.82) is 0 Å². The summed E-state index contributed by atoms with van der Waals surface area (Å²) in [5, 5.41) is 3.56. The fourth-order valence-electron chi connectivity index (χ4n) is 5.57. The van der Waals surface area contributed by atoms with E-state index in [1.165, 1.54) is 25.7 Å². The Balaban J connectivity index is 1.35. The Hall–Kier alpha value is -1.66. The van der Waals surface area contributed by atoms with E-state index in [1.54, 1.807) is 30.0 Å². The van der Waals surface area contributed by atoms with Crippen molar-refractivity contribution in [2.45, 2.75) is 35.8 Å². The van der Waals surface area contributed by atoms with Gasteiger partial charge in [0, 0.05) is 33.5 Å². The fourth-order valence-corrected chi connectivity index (χ4v) is 7.41. The second-order valence-electron chi connectivity index (χ2n) is 8.43. The molecule has 2 aromatic carbocycles. The zero-order chi connectivity index (χ0) is 20.3. The summed E-state index contributed by atoms with van der Waals surface area (Å²) in [6, 6.07) is 6.50. The Morgan fingerprint density at radius 1 is 1.00 bits per heavy atom. The Morgan fingerprint density at radius 2 is 1.72 bits per heavy atom. The van der Waals surface area contributed by atoms with Crippen LogP contribution in [0, 0.1) is 41.1 Å². The molecule has 4 bridgehead atoms. The van der Waals surface area contributed by atoms with Crippen LogP contribution >= 0.6 is 23.4 Å². The number of anilines is 1. The smallest absolute Gasteiger partial charge is 0.255 e. The van der Waals surface area contributed by atoms with Crippen LogP contribution in [-0.4, -0.2) is 11.2 Å². The highest BCUT2D eigenvalue weighted by Crippen LogP contribution is 2.62. The molecular formula is C22H19ClF3NOS. The zero-order valence-corrected chi connectivity index (χ0v) is 17.0. The Kier molecular flexibility index (Phi) is 4.82. The van der Waals surface area contributed by atoms with Gasteiger partial charge < -0.3 is 5.32 Å². The molecule has 4 aliphatic rings. The lowest BCUT2D eigenvalue weighted by molar-refractivity contribution is 0.102. The molecule has 0 spiro atoms. The van der Waals surface area contributed by atoms with E-state index in [2.05, 4.69) is 5.32 Å². The largest absolute Gasteiger partial charge is 0.322 e. The quantitative estimate of drug-likeness (QED) is 0.550. The molecule has 2 aromatic rings.